The fourth-order valence-corrected chi connectivity index (χ4v) is 1.79. The molecule has 0 aliphatic rings. The fourth-order valence-electron chi connectivity index (χ4n) is 1.79. The number of para-hydroxylation sites is 1. The quantitative estimate of drug-likeness (QED) is 0.687. The summed E-state index contributed by atoms with van der Waals surface area (Å²) in [6, 6.07) is 6.71. The first-order valence-corrected chi connectivity index (χ1v) is 5.84. The van der Waals surface area contributed by atoms with Gasteiger partial charge in [-0.25, -0.2) is 9.37 Å². The number of aromatic nitrogens is 1. The number of carbonyl (C=O) groups is 1. The number of benzene rings is 1. The number of anilines is 2. The van der Waals surface area contributed by atoms with Crippen LogP contribution < -0.4 is 10.6 Å². The first-order chi connectivity index (χ1) is 9.91. The largest absolute Gasteiger partial charge is 0.384 e. The molecule has 2 rings (SSSR count). The van der Waals surface area contributed by atoms with E-state index in [-0.39, 0.29) is 17.1 Å². The highest BCUT2D eigenvalue weighted by atomic mass is 19.1. The lowest BCUT2D eigenvalue weighted by Gasteiger charge is -2.18. The van der Waals surface area contributed by atoms with E-state index in [1.807, 2.05) is 0 Å². The van der Waals surface area contributed by atoms with E-state index in [0.29, 0.717) is 0 Å². The third kappa shape index (κ3) is 2.78. The van der Waals surface area contributed by atoms with Crippen LogP contribution in [0.1, 0.15) is 10.4 Å². The highest BCUT2D eigenvalue weighted by Crippen LogP contribution is 2.24. The fraction of sp³-hybridized carbons (Fsp3) is 0.0769. The summed E-state index contributed by atoms with van der Waals surface area (Å²) in [5.74, 6) is -1.40. The minimum absolute atomic E-state index is 0.00665. The summed E-state index contributed by atoms with van der Waals surface area (Å²) < 4.78 is 13.7. The number of pyridine rings is 1. The lowest BCUT2D eigenvalue weighted by atomic mass is 10.2. The van der Waals surface area contributed by atoms with Gasteiger partial charge < -0.3 is 10.6 Å². The Labute approximate surface area is 119 Å². The summed E-state index contributed by atoms with van der Waals surface area (Å²) in [7, 11) is 1.32. The van der Waals surface area contributed by atoms with E-state index in [2.05, 4.69) is 4.98 Å². The van der Waals surface area contributed by atoms with Crippen molar-refractivity contribution in [2.75, 3.05) is 17.7 Å². The molecule has 2 N–H and O–H groups in total. The molecule has 0 saturated carbocycles. The van der Waals surface area contributed by atoms with Crippen LogP contribution in [0, 0.1) is 15.9 Å². The number of hydrogen-bond acceptors (Lipinski definition) is 5. The van der Waals surface area contributed by atoms with Crippen molar-refractivity contribution >= 4 is 23.1 Å². The van der Waals surface area contributed by atoms with Crippen LogP contribution in [0.25, 0.3) is 0 Å². The maximum absolute atomic E-state index is 13.7. The van der Waals surface area contributed by atoms with E-state index < -0.39 is 22.3 Å². The molecule has 0 atom stereocenters. The number of halogens is 1. The lowest BCUT2D eigenvalue weighted by molar-refractivity contribution is -0.385. The van der Waals surface area contributed by atoms with Gasteiger partial charge in [-0.3, -0.25) is 14.9 Å². The number of hydrogen-bond donors (Lipinski definition) is 1. The Morgan fingerprint density at radius 3 is 2.71 bits per heavy atom. The first kappa shape index (κ1) is 14.4. The van der Waals surface area contributed by atoms with Gasteiger partial charge in [0.2, 0.25) is 0 Å². The van der Waals surface area contributed by atoms with E-state index >= 15 is 0 Å². The maximum atomic E-state index is 13.7. The molecule has 2 aromatic rings. The molecule has 0 bridgehead atoms. The molecule has 7 nitrogen and oxygen atoms in total. The summed E-state index contributed by atoms with van der Waals surface area (Å²) >= 11 is 0. The van der Waals surface area contributed by atoms with Crippen molar-refractivity contribution in [2.45, 2.75) is 0 Å². The van der Waals surface area contributed by atoms with Crippen molar-refractivity contribution in [3.8, 4) is 0 Å². The number of amides is 1. The maximum Gasteiger partial charge on any atom is 0.300 e. The highest BCUT2D eigenvalue weighted by Gasteiger charge is 2.25. The summed E-state index contributed by atoms with van der Waals surface area (Å²) in [6.45, 7) is 0. The van der Waals surface area contributed by atoms with Crippen LogP contribution in [0.4, 0.5) is 21.6 Å². The van der Waals surface area contributed by atoms with Gasteiger partial charge in [0.25, 0.3) is 11.6 Å². The monoisotopic (exact) mass is 290 g/mol. The predicted octanol–water partition coefficient (Wildman–Crippen LogP) is 1.99. The average molecular weight is 290 g/mol. The number of nitro groups is 1. The van der Waals surface area contributed by atoms with Crippen LogP contribution in [0.3, 0.4) is 0 Å². The summed E-state index contributed by atoms with van der Waals surface area (Å²) in [5, 5.41) is 10.9. The van der Waals surface area contributed by atoms with Crippen molar-refractivity contribution in [1.29, 1.82) is 0 Å². The van der Waals surface area contributed by atoms with Gasteiger partial charge >= 0.3 is 0 Å². The molecule has 0 spiro atoms. The van der Waals surface area contributed by atoms with Crippen molar-refractivity contribution in [1.82, 2.24) is 4.98 Å². The van der Waals surface area contributed by atoms with E-state index in [0.717, 1.165) is 17.2 Å². The smallest absolute Gasteiger partial charge is 0.300 e. The van der Waals surface area contributed by atoms with Gasteiger partial charge in [0.05, 0.1) is 10.6 Å². The second-order valence-electron chi connectivity index (χ2n) is 4.20. The van der Waals surface area contributed by atoms with Gasteiger partial charge in [0, 0.05) is 7.05 Å². The molecular weight excluding hydrogens is 279 g/mol. The van der Waals surface area contributed by atoms with Crippen molar-refractivity contribution in [2.24, 2.45) is 0 Å². The molecule has 0 aliphatic heterocycles. The number of nitrogens with two attached hydrogens (primary N) is 1. The second-order valence-corrected chi connectivity index (χ2v) is 4.20. The zero-order valence-electron chi connectivity index (χ0n) is 11.0. The minimum Gasteiger partial charge on any atom is -0.384 e. The Bertz CT molecular complexity index is 720. The number of carbonyl (C=O) groups excluding carboxylic acids is 1. The molecule has 108 valence electrons. The van der Waals surface area contributed by atoms with Gasteiger partial charge in [-0.05, 0) is 18.2 Å². The Balaban J connectivity index is 2.47. The van der Waals surface area contributed by atoms with Gasteiger partial charge in [-0.1, -0.05) is 12.1 Å². The standard InChI is InChI=1S/C13H11FN4O3/c1-17(10-5-3-2-4-9(10)14)13(19)8-6-12(15)16-7-11(8)18(20)21/h2-7H,1H3,(H2,15,16). The topological polar surface area (TPSA) is 102 Å². The van der Waals surface area contributed by atoms with Gasteiger partial charge in [0.15, 0.2) is 0 Å². The van der Waals surface area contributed by atoms with Gasteiger partial charge in [0.1, 0.15) is 23.4 Å². The molecule has 8 heteroatoms. The molecule has 0 aliphatic carbocycles. The van der Waals surface area contributed by atoms with Crippen molar-refractivity contribution in [3.05, 3.63) is 58.0 Å². The Hall–Kier alpha value is -3.03. The molecule has 0 unspecified atom stereocenters. The second kappa shape index (κ2) is 5.53. The molecule has 1 aromatic carbocycles. The SMILES string of the molecule is CN(C(=O)c1cc(N)ncc1[N+](=O)[O-])c1ccccc1F. The minimum atomic E-state index is -0.749. The van der Waals surface area contributed by atoms with Crippen LogP contribution >= 0.6 is 0 Å². The Morgan fingerprint density at radius 1 is 1.43 bits per heavy atom. The average Bonchev–Trinajstić information content (AvgIpc) is 2.45. The van der Waals surface area contributed by atoms with E-state index in [1.165, 1.54) is 25.2 Å². The molecule has 0 saturated heterocycles. The first-order valence-electron chi connectivity index (χ1n) is 5.84. The van der Waals surface area contributed by atoms with Crippen LogP contribution in [0.5, 0.6) is 0 Å². The number of nitrogens with zero attached hydrogens (tertiary/aromatic N) is 3. The third-order valence-electron chi connectivity index (χ3n) is 2.85. The van der Waals surface area contributed by atoms with Crippen LogP contribution in [0.2, 0.25) is 0 Å². The Morgan fingerprint density at radius 2 is 2.10 bits per heavy atom. The van der Waals surface area contributed by atoms with Crippen LogP contribution in [-0.4, -0.2) is 22.9 Å². The van der Waals surface area contributed by atoms with Gasteiger partial charge in [-0.15, -0.1) is 0 Å². The number of nitrogen functional groups attached to an aromatic ring is 1. The zero-order chi connectivity index (χ0) is 15.6. The molecule has 0 fully saturated rings. The van der Waals surface area contributed by atoms with E-state index in [4.69, 9.17) is 5.73 Å². The molecule has 0 radical (unpaired) electrons. The van der Waals surface area contributed by atoms with Gasteiger partial charge in [-0.2, -0.15) is 0 Å². The number of rotatable bonds is 3. The highest BCUT2D eigenvalue weighted by molar-refractivity contribution is 6.08. The Kier molecular flexibility index (Phi) is 3.79. The summed E-state index contributed by atoms with van der Waals surface area (Å²) in [6.07, 6.45) is 0.901. The van der Waals surface area contributed by atoms with Crippen LogP contribution in [0.15, 0.2) is 36.5 Å². The zero-order valence-corrected chi connectivity index (χ0v) is 11.0. The van der Waals surface area contributed by atoms with Crippen molar-refractivity contribution < 1.29 is 14.1 Å². The summed E-state index contributed by atoms with van der Waals surface area (Å²) in [5.41, 5.74) is 4.72. The molecule has 1 aromatic heterocycles. The van der Waals surface area contributed by atoms with Crippen molar-refractivity contribution in [3.63, 3.8) is 0 Å². The van der Waals surface area contributed by atoms with E-state index in [1.54, 1.807) is 6.07 Å². The molecule has 21 heavy (non-hydrogen) atoms. The third-order valence-corrected chi connectivity index (χ3v) is 2.85. The lowest BCUT2D eigenvalue weighted by Crippen LogP contribution is -2.28. The molecule has 1 amide bonds. The molecular formula is C13H11FN4O3. The predicted molar refractivity (Wildman–Crippen MR) is 74.4 cm³/mol. The summed E-state index contributed by atoms with van der Waals surface area (Å²) in [4.78, 5) is 27.1. The van der Waals surface area contributed by atoms with Crippen LogP contribution in [-0.2, 0) is 0 Å². The van der Waals surface area contributed by atoms with E-state index in [9.17, 15) is 19.3 Å². The molecule has 1 heterocycles. The normalized spacial score (nSPS) is 10.2.